The normalized spacial score (nSPS) is 18.4. The van der Waals surface area contributed by atoms with Crippen LogP contribution in [-0.2, 0) is 6.54 Å². The van der Waals surface area contributed by atoms with Crippen molar-refractivity contribution >= 4 is 0 Å². The molecule has 0 radical (unpaired) electrons. The van der Waals surface area contributed by atoms with Gasteiger partial charge in [0.25, 0.3) is 0 Å². The van der Waals surface area contributed by atoms with Crippen molar-refractivity contribution in [1.82, 2.24) is 20.3 Å². The average molecular weight is 194 g/mol. The van der Waals surface area contributed by atoms with Gasteiger partial charge in [-0.25, -0.2) is 0 Å². The van der Waals surface area contributed by atoms with E-state index >= 15 is 0 Å². The van der Waals surface area contributed by atoms with Crippen molar-refractivity contribution in [2.45, 2.75) is 38.8 Å². The fourth-order valence-corrected chi connectivity index (χ4v) is 1.71. The lowest BCUT2D eigenvalue weighted by Gasteiger charge is -2.12. The third-order valence-corrected chi connectivity index (χ3v) is 2.69. The van der Waals surface area contributed by atoms with Gasteiger partial charge in [0.15, 0.2) is 0 Å². The fraction of sp³-hybridized carbons (Fsp3) is 0.800. The van der Waals surface area contributed by atoms with E-state index in [1.165, 1.54) is 19.3 Å². The molecule has 1 aromatic rings. The van der Waals surface area contributed by atoms with Crippen LogP contribution in [0.15, 0.2) is 12.4 Å². The number of nitrogens with one attached hydrogen (secondary N) is 1. The molecule has 0 aliphatic heterocycles. The molecule has 14 heavy (non-hydrogen) atoms. The second-order valence-electron chi connectivity index (χ2n) is 4.20. The minimum atomic E-state index is 0.644. The van der Waals surface area contributed by atoms with Crippen molar-refractivity contribution in [2.24, 2.45) is 5.92 Å². The molecule has 1 aromatic heterocycles. The van der Waals surface area contributed by atoms with Gasteiger partial charge in [-0.3, -0.25) is 4.68 Å². The summed E-state index contributed by atoms with van der Waals surface area (Å²) in [5.74, 6) is 1.00. The first-order chi connectivity index (χ1) is 6.84. The van der Waals surface area contributed by atoms with E-state index in [0.717, 1.165) is 19.0 Å². The molecule has 1 N–H and O–H groups in total. The van der Waals surface area contributed by atoms with Crippen LogP contribution in [0.5, 0.6) is 0 Å². The molecule has 1 heterocycles. The third kappa shape index (κ3) is 3.10. The molecular formula is C10H18N4. The summed E-state index contributed by atoms with van der Waals surface area (Å²) in [6.45, 7) is 4.16. The zero-order valence-electron chi connectivity index (χ0n) is 8.69. The molecule has 0 spiro atoms. The Hall–Kier alpha value is -0.900. The van der Waals surface area contributed by atoms with E-state index in [4.69, 9.17) is 0 Å². The van der Waals surface area contributed by atoms with Crippen LogP contribution in [0.25, 0.3) is 0 Å². The molecule has 1 aliphatic rings. The first-order valence-electron chi connectivity index (χ1n) is 5.42. The summed E-state index contributed by atoms with van der Waals surface area (Å²) in [5.41, 5.74) is 0. The highest BCUT2D eigenvalue weighted by molar-refractivity contribution is 4.77. The average Bonchev–Trinajstić information content (AvgIpc) is 2.82. The van der Waals surface area contributed by atoms with E-state index in [0.29, 0.717) is 6.04 Å². The van der Waals surface area contributed by atoms with Crippen molar-refractivity contribution in [3.8, 4) is 0 Å². The SMILES string of the molecule is CC(CC1CC1)NCCn1ccnn1. The van der Waals surface area contributed by atoms with E-state index in [2.05, 4.69) is 22.6 Å². The van der Waals surface area contributed by atoms with Gasteiger partial charge in [-0.15, -0.1) is 5.10 Å². The number of aromatic nitrogens is 3. The molecule has 1 atom stereocenters. The second-order valence-corrected chi connectivity index (χ2v) is 4.20. The summed E-state index contributed by atoms with van der Waals surface area (Å²) in [7, 11) is 0. The summed E-state index contributed by atoms with van der Waals surface area (Å²) in [4.78, 5) is 0. The van der Waals surface area contributed by atoms with Gasteiger partial charge in [0, 0.05) is 18.8 Å². The zero-order chi connectivity index (χ0) is 9.80. The monoisotopic (exact) mass is 194 g/mol. The van der Waals surface area contributed by atoms with E-state index in [1.54, 1.807) is 6.20 Å². The van der Waals surface area contributed by atoms with Gasteiger partial charge in [-0.05, 0) is 19.3 Å². The number of hydrogen-bond donors (Lipinski definition) is 1. The Kier molecular flexibility index (Phi) is 3.14. The highest BCUT2D eigenvalue weighted by Gasteiger charge is 2.22. The quantitative estimate of drug-likeness (QED) is 0.736. The highest BCUT2D eigenvalue weighted by Crippen LogP contribution is 2.33. The van der Waals surface area contributed by atoms with Gasteiger partial charge in [0.05, 0.1) is 12.7 Å². The first kappa shape index (κ1) is 9.65. The molecule has 1 fully saturated rings. The number of hydrogen-bond acceptors (Lipinski definition) is 3. The Morgan fingerprint density at radius 1 is 1.57 bits per heavy atom. The van der Waals surface area contributed by atoms with E-state index in [1.807, 2.05) is 10.9 Å². The molecule has 0 saturated heterocycles. The molecule has 4 heteroatoms. The summed E-state index contributed by atoms with van der Waals surface area (Å²) < 4.78 is 1.86. The second kappa shape index (κ2) is 4.55. The highest BCUT2D eigenvalue weighted by atomic mass is 15.4. The van der Waals surface area contributed by atoms with Crippen LogP contribution in [0, 0.1) is 5.92 Å². The molecule has 0 amide bonds. The fourth-order valence-electron chi connectivity index (χ4n) is 1.71. The third-order valence-electron chi connectivity index (χ3n) is 2.69. The molecule has 0 bridgehead atoms. The van der Waals surface area contributed by atoms with Gasteiger partial charge in [-0.2, -0.15) is 0 Å². The van der Waals surface area contributed by atoms with E-state index in [9.17, 15) is 0 Å². The molecule has 78 valence electrons. The number of rotatable bonds is 6. The van der Waals surface area contributed by atoms with Crippen LogP contribution < -0.4 is 5.32 Å². The molecule has 1 unspecified atom stereocenters. The maximum absolute atomic E-state index is 3.91. The maximum Gasteiger partial charge on any atom is 0.0692 e. The largest absolute Gasteiger partial charge is 0.312 e. The topological polar surface area (TPSA) is 42.7 Å². The summed E-state index contributed by atoms with van der Waals surface area (Å²) >= 11 is 0. The molecular weight excluding hydrogens is 176 g/mol. The van der Waals surface area contributed by atoms with Gasteiger partial charge < -0.3 is 5.32 Å². The Morgan fingerprint density at radius 2 is 2.43 bits per heavy atom. The van der Waals surface area contributed by atoms with Gasteiger partial charge in [-0.1, -0.05) is 18.1 Å². The standard InChI is InChI=1S/C10H18N4/c1-9(8-10-2-3-10)11-4-6-14-7-5-12-13-14/h5,7,9-11H,2-4,6,8H2,1H3. The van der Waals surface area contributed by atoms with Crippen molar-refractivity contribution < 1.29 is 0 Å². The number of nitrogens with zero attached hydrogens (tertiary/aromatic N) is 3. The lowest BCUT2D eigenvalue weighted by Crippen LogP contribution is -2.29. The van der Waals surface area contributed by atoms with Crippen molar-refractivity contribution in [2.75, 3.05) is 6.54 Å². The lowest BCUT2D eigenvalue weighted by molar-refractivity contribution is 0.455. The van der Waals surface area contributed by atoms with Crippen molar-refractivity contribution in [1.29, 1.82) is 0 Å². The summed E-state index contributed by atoms with van der Waals surface area (Å²) in [6.07, 6.45) is 7.82. The van der Waals surface area contributed by atoms with E-state index in [-0.39, 0.29) is 0 Å². The molecule has 1 saturated carbocycles. The van der Waals surface area contributed by atoms with Crippen LogP contribution in [0.2, 0.25) is 0 Å². The van der Waals surface area contributed by atoms with Crippen LogP contribution in [0.3, 0.4) is 0 Å². The Balaban J connectivity index is 1.57. The summed E-state index contributed by atoms with van der Waals surface area (Å²) in [6, 6.07) is 0.644. The maximum atomic E-state index is 3.91. The first-order valence-corrected chi connectivity index (χ1v) is 5.42. The Morgan fingerprint density at radius 3 is 3.07 bits per heavy atom. The molecule has 0 aromatic carbocycles. The van der Waals surface area contributed by atoms with Crippen LogP contribution in [-0.4, -0.2) is 27.6 Å². The van der Waals surface area contributed by atoms with Gasteiger partial charge in [0.1, 0.15) is 0 Å². The minimum Gasteiger partial charge on any atom is -0.312 e. The zero-order valence-corrected chi connectivity index (χ0v) is 8.69. The van der Waals surface area contributed by atoms with Crippen molar-refractivity contribution in [3.05, 3.63) is 12.4 Å². The lowest BCUT2D eigenvalue weighted by atomic mass is 10.1. The van der Waals surface area contributed by atoms with Crippen LogP contribution in [0.4, 0.5) is 0 Å². The van der Waals surface area contributed by atoms with E-state index < -0.39 is 0 Å². The molecule has 2 rings (SSSR count). The Labute approximate surface area is 84.7 Å². The minimum absolute atomic E-state index is 0.644. The predicted molar refractivity (Wildman–Crippen MR) is 54.8 cm³/mol. The van der Waals surface area contributed by atoms with Crippen LogP contribution >= 0.6 is 0 Å². The summed E-state index contributed by atoms with van der Waals surface area (Å²) in [5, 5.41) is 11.2. The molecule has 4 nitrogen and oxygen atoms in total. The van der Waals surface area contributed by atoms with Gasteiger partial charge in [0.2, 0.25) is 0 Å². The predicted octanol–water partition coefficient (Wildman–Crippen LogP) is 1.06. The van der Waals surface area contributed by atoms with Crippen LogP contribution in [0.1, 0.15) is 26.2 Å². The van der Waals surface area contributed by atoms with Crippen molar-refractivity contribution in [3.63, 3.8) is 0 Å². The molecule has 1 aliphatic carbocycles. The smallest absolute Gasteiger partial charge is 0.0692 e. The Bertz CT molecular complexity index is 253. The van der Waals surface area contributed by atoms with Gasteiger partial charge >= 0.3 is 0 Å².